The van der Waals surface area contributed by atoms with Crippen LogP contribution in [0.3, 0.4) is 0 Å². The summed E-state index contributed by atoms with van der Waals surface area (Å²) in [6.45, 7) is 12.5. The Morgan fingerprint density at radius 2 is 1.90 bits per heavy atom. The van der Waals surface area contributed by atoms with E-state index in [0.717, 1.165) is 21.0 Å². The number of aliphatic hydroxyl groups excluding tert-OH is 2. The molecule has 2 aromatic rings. The van der Waals surface area contributed by atoms with Gasteiger partial charge in [0.2, 0.25) is 0 Å². The molecule has 1 aliphatic rings. The summed E-state index contributed by atoms with van der Waals surface area (Å²) >= 11 is 1.49. The summed E-state index contributed by atoms with van der Waals surface area (Å²) in [4.78, 5) is 35.8. The highest BCUT2D eigenvalue weighted by atomic mass is 32.1. The van der Waals surface area contributed by atoms with E-state index in [1.165, 1.54) is 17.7 Å². The van der Waals surface area contributed by atoms with Gasteiger partial charge in [0.25, 0.3) is 0 Å². The third-order valence-electron chi connectivity index (χ3n) is 7.44. The number of nitrogens with zero attached hydrogens (tertiary/aromatic N) is 2. The topological polar surface area (TPSA) is 123 Å². The Morgan fingerprint density at radius 1 is 1.18 bits per heavy atom. The summed E-state index contributed by atoms with van der Waals surface area (Å²) in [5.41, 5.74) is 1.21. The second-order valence-corrected chi connectivity index (χ2v) is 12.3. The summed E-state index contributed by atoms with van der Waals surface area (Å²) in [6.07, 6.45) is 8.75. The molecule has 0 saturated heterocycles. The van der Waals surface area contributed by atoms with E-state index in [1.807, 2.05) is 52.0 Å². The summed E-state index contributed by atoms with van der Waals surface area (Å²) in [5.74, 6) is -1.14. The van der Waals surface area contributed by atoms with Crippen molar-refractivity contribution < 1.29 is 29.0 Å². The zero-order valence-corrected chi connectivity index (χ0v) is 24.6. The van der Waals surface area contributed by atoms with Crippen LogP contribution >= 0.6 is 11.3 Å². The Labute approximate surface area is 234 Å². The summed E-state index contributed by atoms with van der Waals surface area (Å²) in [7, 11) is 0. The van der Waals surface area contributed by atoms with Crippen LogP contribution in [0.5, 0.6) is 0 Å². The van der Waals surface area contributed by atoms with Crippen LogP contribution < -0.4 is 0 Å². The van der Waals surface area contributed by atoms with Gasteiger partial charge in [0.15, 0.2) is 12.2 Å². The number of aryl methyl sites for hydroxylation is 1. The molecule has 212 valence electrons. The minimum atomic E-state index is -1.27. The van der Waals surface area contributed by atoms with Gasteiger partial charge in [-0.2, -0.15) is 0 Å². The van der Waals surface area contributed by atoms with Gasteiger partial charge in [-0.15, -0.1) is 11.3 Å². The maximum absolute atomic E-state index is 13.3. The molecule has 0 radical (unpaired) electrons. The first-order valence-corrected chi connectivity index (χ1v) is 14.1. The number of esters is 1. The molecule has 9 heteroatoms. The standard InChI is InChI=1S/C30H40N2O6S/c1-17-9-8-10-18(2)27(35)20(4)29(36)30(6,7)25(33)14-26(34)38-23(12-11-17)19(3)13-22-28(39-21(5)32-22)24-15-31-16-37-24/h8-9,11,13,15-16,18,20,23,25,27,33,35H,10,12,14H2,1-7H3/b9-8+,17-11-,19-13+/t18-,20+,23-,25-,27-/m0/s1. The molecule has 3 heterocycles. The number of cyclic esters (lactones) is 1. The van der Waals surface area contributed by atoms with Crippen LogP contribution in [-0.2, 0) is 14.3 Å². The van der Waals surface area contributed by atoms with Gasteiger partial charge in [0, 0.05) is 12.3 Å². The third kappa shape index (κ3) is 7.62. The molecule has 8 nitrogen and oxygen atoms in total. The van der Waals surface area contributed by atoms with Crippen LogP contribution in [0.2, 0.25) is 0 Å². The Bertz CT molecular complexity index is 1240. The van der Waals surface area contributed by atoms with E-state index in [2.05, 4.69) is 9.97 Å². The van der Waals surface area contributed by atoms with Gasteiger partial charge >= 0.3 is 5.97 Å². The Hall–Kier alpha value is -2.88. The molecule has 0 bridgehead atoms. The highest BCUT2D eigenvalue weighted by molar-refractivity contribution is 7.15. The largest absolute Gasteiger partial charge is 0.457 e. The van der Waals surface area contributed by atoms with E-state index >= 15 is 0 Å². The summed E-state index contributed by atoms with van der Waals surface area (Å²) in [6, 6.07) is 0. The first kappa shape index (κ1) is 30.7. The normalized spacial score (nSPS) is 29.9. The highest BCUT2D eigenvalue weighted by Gasteiger charge is 2.42. The fourth-order valence-corrected chi connectivity index (χ4v) is 5.52. The van der Waals surface area contributed by atoms with Crippen molar-refractivity contribution in [1.82, 2.24) is 9.97 Å². The molecular formula is C30H40N2O6S. The number of Topliss-reactive ketones (excluding diaryl/α,β-unsaturated/α-hetero) is 1. The number of carbonyl (C=O) groups is 2. The quantitative estimate of drug-likeness (QED) is 0.462. The molecule has 0 spiro atoms. The van der Waals surface area contributed by atoms with Crippen LogP contribution in [0.4, 0.5) is 0 Å². The first-order valence-electron chi connectivity index (χ1n) is 13.3. The Balaban J connectivity index is 1.95. The number of thiazole rings is 1. The predicted molar refractivity (Wildman–Crippen MR) is 152 cm³/mol. The number of oxazole rings is 1. The first-order chi connectivity index (χ1) is 18.3. The molecule has 5 atom stereocenters. The van der Waals surface area contributed by atoms with Crippen molar-refractivity contribution in [3.8, 4) is 10.6 Å². The van der Waals surface area contributed by atoms with Crippen molar-refractivity contribution in [2.45, 2.75) is 86.0 Å². The van der Waals surface area contributed by atoms with Crippen LogP contribution in [0.15, 0.2) is 46.4 Å². The van der Waals surface area contributed by atoms with Gasteiger partial charge in [0.1, 0.15) is 11.9 Å². The minimum Gasteiger partial charge on any atom is -0.457 e. The van der Waals surface area contributed by atoms with E-state index in [1.54, 1.807) is 27.0 Å². The van der Waals surface area contributed by atoms with Crippen LogP contribution in [0.25, 0.3) is 16.7 Å². The Kier molecular flexibility index (Phi) is 10.2. The van der Waals surface area contributed by atoms with E-state index in [0.29, 0.717) is 24.3 Å². The number of aromatic nitrogens is 2. The smallest absolute Gasteiger partial charge is 0.309 e. The number of allylic oxidation sites excluding steroid dienone is 3. The number of hydrogen-bond donors (Lipinski definition) is 2. The molecule has 0 aliphatic carbocycles. The number of ether oxygens (including phenoxy) is 1. The van der Waals surface area contributed by atoms with E-state index < -0.39 is 35.6 Å². The number of rotatable bonds is 3. The second kappa shape index (κ2) is 13.0. The van der Waals surface area contributed by atoms with Gasteiger partial charge in [-0.3, -0.25) is 9.59 Å². The lowest BCUT2D eigenvalue weighted by Gasteiger charge is -2.34. The van der Waals surface area contributed by atoms with E-state index in [-0.39, 0.29) is 18.1 Å². The van der Waals surface area contributed by atoms with Crippen LogP contribution in [0, 0.1) is 24.2 Å². The molecule has 0 unspecified atom stereocenters. The molecule has 2 aromatic heterocycles. The van der Waals surface area contributed by atoms with Gasteiger partial charge in [-0.1, -0.05) is 51.5 Å². The van der Waals surface area contributed by atoms with Gasteiger partial charge in [0.05, 0.1) is 45.8 Å². The molecule has 0 aromatic carbocycles. The molecule has 2 N–H and O–H groups in total. The molecule has 0 fully saturated rings. The van der Waals surface area contributed by atoms with E-state index in [4.69, 9.17) is 9.15 Å². The highest BCUT2D eigenvalue weighted by Crippen LogP contribution is 2.34. The fraction of sp³-hybridized carbons (Fsp3) is 0.533. The number of aliphatic hydroxyl groups is 2. The lowest BCUT2D eigenvalue weighted by Crippen LogP contribution is -2.45. The molecule has 3 rings (SSSR count). The van der Waals surface area contributed by atoms with Crippen molar-refractivity contribution in [3.05, 3.63) is 52.7 Å². The van der Waals surface area contributed by atoms with Crippen molar-refractivity contribution in [2.75, 3.05) is 0 Å². The zero-order valence-electron chi connectivity index (χ0n) is 23.8. The monoisotopic (exact) mass is 556 g/mol. The Morgan fingerprint density at radius 3 is 2.56 bits per heavy atom. The number of hydrogen-bond acceptors (Lipinski definition) is 9. The maximum atomic E-state index is 13.3. The molecule has 39 heavy (non-hydrogen) atoms. The van der Waals surface area contributed by atoms with Crippen molar-refractivity contribution in [3.63, 3.8) is 0 Å². The van der Waals surface area contributed by atoms with Crippen molar-refractivity contribution in [1.29, 1.82) is 0 Å². The van der Waals surface area contributed by atoms with Gasteiger partial charge < -0.3 is 19.4 Å². The van der Waals surface area contributed by atoms with Gasteiger partial charge in [-0.05, 0) is 44.8 Å². The second-order valence-electron chi connectivity index (χ2n) is 11.1. The molecular weight excluding hydrogens is 516 g/mol. The van der Waals surface area contributed by atoms with Crippen molar-refractivity contribution in [2.24, 2.45) is 17.3 Å². The number of carbonyl (C=O) groups excluding carboxylic acids is 2. The number of ketones is 1. The minimum absolute atomic E-state index is 0.156. The van der Waals surface area contributed by atoms with Crippen molar-refractivity contribution >= 4 is 29.2 Å². The summed E-state index contributed by atoms with van der Waals surface area (Å²) < 4.78 is 11.4. The fourth-order valence-electron chi connectivity index (χ4n) is 4.67. The molecule has 0 saturated carbocycles. The molecule has 1 aliphatic heterocycles. The van der Waals surface area contributed by atoms with Crippen LogP contribution in [-0.4, -0.2) is 50.2 Å². The van der Waals surface area contributed by atoms with Gasteiger partial charge in [-0.25, -0.2) is 9.97 Å². The summed E-state index contributed by atoms with van der Waals surface area (Å²) in [5, 5.41) is 22.6. The average molecular weight is 557 g/mol. The lowest BCUT2D eigenvalue weighted by atomic mass is 9.73. The maximum Gasteiger partial charge on any atom is 0.309 e. The predicted octanol–water partition coefficient (Wildman–Crippen LogP) is 5.70. The SMILES string of the molecule is CC1=C/C[C@@H](/C(C)=C/c2nc(C)sc2-c2cnco2)OC(=O)C[C@H](O)C(C)(C)C(=O)[C@H](C)[C@@H](O)[C@@H](C)C\C=C\1. The third-order valence-corrected chi connectivity index (χ3v) is 8.44. The average Bonchev–Trinajstić information content (AvgIpc) is 3.53. The molecule has 0 amide bonds. The lowest BCUT2D eigenvalue weighted by molar-refractivity contribution is -0.154. The van der Waals surface area contributed by atoms with Crippen LogP contribution in [0.1, 0.15) is 71.5 Å². The zero-order chi connectivity index (χ0) is 28.9. The van der Waals surface area contributed by atoms with E-state index in [9.17, 15) is 19.8 Å².